The van der Waals surface area contributed by atoms with Gasteiger partial charge >= 0.3 is 0 Å². The summed E-state index contributed by atoms with van der Waals surface area (Å²) >= 11 is 1.94. The molecule has 0 fully saturated rings. The summed E-state index contributed by atoms with van der Waals surface area (Å²) in [6.07, 6.45) is 3.29. The minimum Gasteiger partial charge on any atom is -0.370 e. The van der Waals surface area contributed by atoms with E-state index in [-0.39, 0.29) is 0 Å². The van der Waals surface area contributed by atoms with Gasteiger partial charge in [-0.25, -0.2) is 9.97 Å². The van der Waals surface area contributed by atoms with E-state index in [4.69, 9.17) is 9.97 Å². The molecule has 0 radical (unpaired) electrons. The summed E-state index contributed by atoms with van der Waals surface area (Å²) in [5, 5.41) is 3.46. The average molecular weight is 265 g/mol. The van der Waals surface area contributed by atoms with Crippen LogP contribution in [0.1, 0.15) is 50.7 Å². The highest BCUT2D eigenvalue weighted by Gasteiger charge is 2.19. The second-order valence-electron chi connectivity index (χ2n) is 5.27. The summed E-state index contributed by atoms with van der Waals surface area (Å²) in [5.41, 5.74) is 2.59. The molecule has 1 aliphatic heterocycles. The van der Waals surface area contributed by atoms with Gasteiger partial charge in [-0.15, -0.1) is 0 Å². The molecular formula is C14H23N3S. The molecule has 0 bridgehead atoms. The third kappa shape index (κ3) is 3.37. The Morgan fingerprint density at radius 1 is 1.28 bits per heavy atom. The minimum absolute atomic E-state index is 0.711. The van der Waals surface area contributed by atoms with Gasteiger partial charge in [0.2, 0.25) is 0 Å². The van der Waals surface area contributed by atoms with Crippen LogP contribution in [0.2, 0.25) is 0 Å². The van der Waals surface area contributed by atoms with Crippen LogP contribution in [0.3, 0.4) is 0 Å². The quantitative estimate of drug-likeness (QED) is 0.852. The molecule has 0 aliphatic carbocycles. The lowest BCUT2D eigenvalue weighted by molar-refractivity contribution is 0.574. The normalized spacial score (nSPS) is 14.0. The predicted octanol–water partition coefficient (Wildman–Crippen LogP) is 3.63. The monoisotopic (exact) mass is 265 g/mol. The Kier molecular flexibility index (Phi) is 4.87. The predicted molar refractivity (Wildman–Crippen MR) is 79.0 cm³/mol. The van der Waals surface area contributed by atoms with E-state index >= 15 is 0 Å². The van der Waals surface area contributed by atoms with Crippen molar-refractivity contribution in [3.05, 3.63) is 17.1 Å². The first-order chi connectivity index (χ1) is 8.70. The maximum atomic E-state index is 4.72. The van der Waals surface area contributed by atoms with Crippen molar-refractivity contribution in [1.29, 1.82) is 0 Å². The summed E-state index contributed by atoms with van der Waals surface area (Å²) in [6, 6.07) is 0. The molecule has 2 heterocycles. The van der Waals surface area contributed by atoms with Crippen LogP contribution < -0.4 is 5.32 Å². The van der Waals surface area contributed by atoms with E-state index in [0.29, 0.717) is 5.92 Å². The first kappa shape index (κ1) is 13.7. The molecule has 2 rings (SSSR count). The van der Waals surface area contributed by atoms with Gasteiger partial charge in [0, 0.05) is 30.0 Å². The van der Waals surface area contributed by atoms with Crippen LogP contribution in [-0.2, 0) is 17.9 Å². The zero-order valence-corrected chi connectivity index (χ0v) is 12.4. The van der Waals surface area contributed by atoms with E-state index in [1.54, 1.807) is 0 Å². The maximum absolute atomic E-state index is 4.72. The Labute approximate surface area is 114 Å². The van der Waals surface area contributed by atoms with E-state index < -0.39 is 0 Å². The van der Waals surface area contributed by atoms with Crippen LogP contribution in [0.15, 0.2) is 0 Å². The molecule has 3 nitrogen and oxygen atoms in total. The lowest BCUT2D eigenvalue weighted by atomic mass is 10.1. The number of fused-ring (bicyclic) bond motifs is 1. The number of hydrogen-bond acceptors (Lipinski definition) is 4. The molecule has 4 heteroatoms. The third-order valence-corrected chi connectivity index (χ3v) is 4.08. The minimum atomic E-state index is 0.711. The molecule has 1 aliphatic rings. The summed E-state index contributed by atoms with van der Waals surface area (Å²) in [4.78, 5) is 9.44. The van der Waals surface area contributed by atoms with Crippen LogP contribution in [0.5, 0.6) is 0 Å². The Balaban J connectivity index is 2.16. The first-order valence-electron chi connectivity index (χ1n) is 6.91. The number of nitrogens with one attached hydrogen (secondary N) is 1. The van der Waals surface area contributed by atoms with Crippen LogP contribution in [0.25, 0.3) is 0 Å². The Hall–Kier alpha value is -0.770. The SMILES string of the molecule is CCCNc1nc(CCC(C)C)nc2c1CSC2. The van der Waals surface area contributed by atoms with Gasteiger partial charge < -0.3 is 5.32 Å². The summed E-state index contributed by atoms with van der Waals surface area (Å²) in [5.74, 6) is 4.93. The molecule has 18 heavy (non-hydrogen) atoms. The van der Waals surface area contributed by atoms with E-state index in [0.717, 1.165) is 42.5 Å². The number of hydrogen-bond donors (Lipinski definition) is 1. The van der Waals surface area contributed by atoms with Crippen molar-refractivity contribution in [3.8, 4) is 0 Å². The highest BCUT2D eigenvalue weighted by molar-refractivity contribution is 7.98. The molecular weight excluding hydrogens is 242 g/mol. The highest BCUT2D eigenvalue weighted by atomic mass is 32.2. The lowest BCUT2D eigenvalue weighted by Gasteiger charge is -2.11. The maximum Gasteiger partial charge on any atom is 0.134 e. The van der Waals surface area contributed by atoms with Crippen LogP contribution in [0, 0.1) is 5.92 Å². The number of nitrogens with zero attached hydrogens (tertiary/aromatic N) is 2. The van der Waals surface area contributed by atoms with Gasteiger partial charge in [0.15, 0.2) is 0 Å². The van der Waals surface area contributed by atoms with E-state index in [9.17, 15) is 0 Å². The van der Waals surface area contributed by atoms with Gasteiger partial charge in [0.05, 0.1) is 5.69 Å². The number of rotatable bonds is 6. The molecule has 0 spiro atoms. The van der Waals surface area contributed by atoms with Gasteiger partial charge in [0.1, 0.15) is 11.6 Å². The summed E-state index contributed by atoms with van der Waals surface area (Å²) in [7, 11) is 0. The molecule has 0 amide bonds. The van der Waals surface area contributed by atoms with Crippen LogP contribution >= 0.6 is 11.8 Å². The van der Waals surface area contributed by atoms with Gasteiger partial charge in [-0.2, -0.15) is 11.8 Å². The summed E-state index contributed by atoms with van der Waals surface area (Å²) < 4.78 is 0. The molecule has 0 unspecified atom stereocenters. The van der Waals surface area contributed by atoms with Gasteiger partial charge in [0.25, 0.3) is 0 Å². The van der Waals surface area contributed by atoms with Crippen molar-refractivity contribution in [2.45, 2.75) is 51.5 Å². The molecule has 0 atom stereocenters. The Morgan fingerprint density at radius 3 is 2.83 bits per heavy atom. The van der Waals surface area contributed by atoms with E-state index in [2.05, 4.69) is 26.1 Å². The van der Waals surface area contributed by atoms with Gasteiger partial charge in [-0.05, 0) is 18.8 Å². The largest absolute Gasteiger partial charge is 0.370 e. The fourth-order valence-electron chi connectivity index (χ4n) is 2.02. The second-order valence-corrected chi connectivity index (χ2v) is 6.25. The third-order valence-electron chi connectivity index (χ3n) is 3.11. The zero-order valence-electron chi connectivity index (χ0n) is 11.6. The number of anilines is 1. The first-order valence-corrected chi connectivity index (χ1v) is 8.06. The number of aryl methyl sites for hydroxylation is 1. The smallest absolute Gasteiger partial charge is 0.134 e. The number of aromatic nitrogens is 2. The molecule has 1 aromatic rings. The van der Waals surface area contributed by atoms with Crippen molar-refractivity contribution in [2.75, 3.05) is 11.9 Å². The second kappa shape index (κ2) is 6.41. The molecule has 100 valence electrons. The molecule has 1 aromatic heterocycles. The summed E-state index contributed by atoms with van der Waals surface area (Å²) in [6.45, 7) is 7.68. The topological polar surface area (TPSA) is 37.8 Å². The highest BCUT2D eigenvalue weighted by Crippen LogP contribution is 2.32. The lowest BCUT2D eigenvalue weighted by Crippen LogP contribution is -2.10. The fraction of sp³-hybridized carbons (Fsp3) is 0.714. The van der Waals surface area contributed by atoms with Crippen molar-refractivity contribution in [3.63, 3.8) is 0 Å². The Bertz CT molecular complexity index is 404. The molecule has 0 aromatic carbocycles. The van der Waals surface area contributed by atoms with E-state index in [1.807, 2.05) is 11.8 Å². The van der Waals surface area contributed by atoms with Crippen molar-refractivity contribution >= 4 is 17.6 Å². The molecule has 1 N–H and O–H groups in total. The Morgan fingerprint density at radius 2 is 2.11 bits per heavy atom. The van der Waals surface area contributed by atoms with Crippen LogP contribution in [-0.4, -0.2) is 16.5 Å². The van der Waals surface area contributed by atoms with Crippen LogP contribution in [0.4, 0.5) is 5.82 Å². The molecule has 0 saturated carbocycles. The van der Waals surface area contributed by atoms with Gasteiger partial charge in [-0.1, -0.05) is 20.8 Å². The standard InChI is InChI=1S/C14H23N3S/c1-4-7-15-14-11-8-18-9-12(11)16-13(17-14)6-5-10(2)3/h10H,4-9H2,1-3H3,(H,15,16,17). The fourth-order valence-corrected chi connectivity index (χ4v) is 3.06. The van der Waals surface area contributed by atoms with Crippen molar-refractivity contribution in [1.82, 2.24) is 9.97 Å². The van der Waals surface area contributed by atoms with Crippen molar-refractivity contribution < 1.29 is 0 Å². The average Bonchev–Trinajstić information content (AvgIpc) is 2.81. The van der Waals surface area contributed by atoms with Crippen molar-refractivity contribution in [2.24, 2.45) is 5.92 Å². The van der Waals surface area contributed by atoms with E-state index in [1.165, 1.54) is 17.7 Å². The zero-order chi connectivity index (χ0) is 13.0. The molecule has 0 saturated heterocycles. The number of thioether (sulfide) groups is 1. The van der Waals surface area contributed by atoms with Gasteiger partial charge in [-0.3, -0.25) is 0 Å².